The van der Waals surface area contributed by atoms with Crippen LogP contribution in [0.25, 0.3) is 0 Å². The molecule has 0 aliphatic heterocycles. The van der Waals surface area contributed by atoms with Gasteiger partial charge < -0.3 is 15.4 Å². The lowest BCUT2D eigenvalue weighted by Gasteiger charge is -2.08. The lowest BCUT2D eigenvalue weighted by Crippen LogP contribution is -2.19. The van der Waals surface area contributed by atoms with Crippen LogP contribution in [0.15, 0.2) is 42.5 Å². The summed E-state index contributed by atoms with van der Waals surface area (Å²) in [6, 6.07) is 9.24. The molecule has 0 saturated carbocycles. The Hall–Kier alpha value is -2.47. The maximum atomic E-state index is 13.0. The lowest BCUT2D eigenvalue weighted by molar-refractivity contribution is 0.185. The number of anilines is 2. The quantitative estimate of drug-likeness (QED) is 0.901. The predicted molar refractivity (Wildman–Crippen MR) is 76.2 cm³/mol. The summed E-state index contributed by atoms with van der Waals surface area (Å²) in [7, 11) is 1.59. The molecule has 0 aromatic heterocycles. The van der Waals surface area contributed by atoms with Crippen LogP contribution >= 0.6 is 0 Å². The van der Waals surface area contributed by atoms with E-state index in [-0.39, 0.29) is 5.69 Å². The molecule has 0 spiro atoms. The van der Waals surface area contributed by atoms with Gasteiger partial charge in [0.25, 0.3) is 0 Å². The first-order valence-corrected chi connectivity index (χ1v) is 6.19. The van der Waals surface area contributed by atoms with Gasteiger partial charge in [0, 0.05) is 24.6 Å². The van der Waals surface area contributed by atoms with Crippen molar-refractivity contribution in [2.75, 3.05) is 17.7 Å². The van der Waals surface area contributed by atoms with E-state index in [1.54, 1.807) is 31.4 Å². The second-order valence-corrected chi connectivity index (χ2v) is 4.37. The van der Waals surface area contributed by atoms with E-state index in [4.69, 9.17) is 4.74 Å². The van der Waals surface area contributed by atoms with Crippen LogP contribution in [0.3, 0.4) is 0 Å². The zero-order chi connectivity index (χ0) is 15.2. The van der Waals surface area contributed by atoms with Gasteiger partial charge in [-0.3, -0.25) is 0 Å². The summed E-state index contributed by atoms with van der Waals surface area (Å²) in [6.07, 6.45) is 0. The molecule has 2 aromatic rings. The predicted octanol–water partition coefficient (Wildman–Crippen LogP) is 3.76. The topological polar surface area (TPSA) is 50.4 Å². The average molecular weight is 292 g/mol. The van der Waals surface area contributed by atoms with E-state index in [1.165, 1.54) is 0 Å². The fourth-order valence-corrected chi connectivity index (χ4v) is 1.77. The van der Waals surface area contributed by atoms with E-state index in [0.29, 0.717) is 12.3 Å². The summed E-state index contributed by atoms with van der Waals surface area (Å²) in [4.78, 5) is 11.7. The van der Waals surface area contributed by atoms with E-state index in [1.807, 2.05) is 0 Å². The largest absolute Gasteiger partial charge is 0.380 e. The number of nitrogens with one attached hydrogen (secondary N) is 2. The molecule has 4 nitrogen and oxygen atoms in total. The zero-order valence-corrected chi connectivity index (χ0v) is 11.3. The minimum atomic E-state index is -0.755. The van der Waals surface area contributed by atoms with E-state index in [9.17, 15) is 13.6 Å². The Balaban J connectivity index is 1.97. The molecule has 2 rings (SSSR count). The minimum Gasteiger partial charge on any atom is -0.380 e. The van der Waals surface area contributed by atoms with Gasteiger partial charge in [-0.05, 0) is 29.8 Å². The van der Waals surface area contributed by atoms with Gasteiger partial charge in [0.2, 0.25) is 0 Å². The van der Waals surface area contributed by atoms with Gasteiger partial charge in [-0.1, -0.05) is 12.1 Å². The van der Waals surface area contributed by atoms with Crippen LogP contribution in [0.2, 0.25) is 0 Å². The highest BCUT2D eigenvalue weighted by Crippen LogP contribution is 2.14. The number of ether oxygens (including phenoxy) is 1. The van der Waals surface area contributed by atoms with Crippen LogP contribution in [0, 0.1) is 11.6 Å². The van der Waals surface area contributed by atoms with Gasteiger partial charge in [-0.2, -0.15) is 0 Å². The van der Waals surface area contributed by atoms with Crippen LogP contribution < -0.4 is 10.6 Å². The van der Waals surface area contributed by atoms with Crippen molar-refractivity contribution >= 4 is 17.4 Å². The Morgan fingerprint density at radius 2 is 1.57 bits per heavy atom. The summed E-state index contributed by atoms with van der Waals surface area (Å²) in [5, 5.41) is 4.92. The molecule has 0 atom stereocenters. The molecule has 2 N–H and O–H groups in total. The number of urea groups is 1. The number of halogens is 2. The van der Waals surface area contributed by atoms with E-state index >= 15 is 0 Å². The summed E-state index contributed by atoms with van der Waals surface area (Å²) >= 11 is 0. The number of rotatable bonds is 4. The highest BCUT2D eigenvalue weighted by atomic mass is 19.1. The summed E-state index contributed by atoms with van der Waals surface area (Å²) in [5.41, 5.74) is 1.57. The number of carbonyl (C=O) groups is 1. The molecular formula is C15H14F2N2O2. The van der Waals surface area contributed by atoms with Crippen LogP contribution in [0.1, 0.15) is 5.56 Å². The van der Waals surface area contributed by atoms with Crippen LogP contribution in [-0.4, -0.2) is 13.1 Å². The number of hydrogen-bond donors (Lipinski definition) is 2. The molecular weight excluding hydrogens is 278 g/mol. The summed E-state index contributed by atoms with van der Waals surface area (Å²) in [5.74, 6) is -1.51. The maximum Gasteiger partial charge on any atom is 0.323 e. The van der Waals surface area contributed by atoms with Crippen molar-refractivity contribution in [1.82, 2.24) is 0 Å². The fourth-order valence-electron chi connectivity index (χ4n) is 1.77. The summed E-state index contributed by atoms with van der Waals surface area (Å²) < 4.78 is 31.0. The molecule has 0 fully saturated rings. The minimum absolute atomic E-state index is 0.0426. The van der Waals surface area contributed by atoms with Crippen molar-refractivity contribution in [3.05, 3.63) is 59.7 Å². The Bertz CT molecular complexity index is 610. The Labute approximate surface area is 120 Å². The van der Waals surface area contributed by atoms with E-state index in [2.05, 4.69) is 10.6 Å². The van der Waals surface area contributed by atoms with Crippen molar-refractivity contribution in [3.63, 3.8) is 0 Å². The molecule has 21 heavy (non-hydrogen) atoms. The zero-order valence-electron chi connectivity index (χ0n) is 11.3. The molecule has 0 radical (unpaired) electrons. The van der Waals surface area contributed by atoms with Crippen molar-refractivity contribution in [2.24, 2.45) is 0 Å². The molecule has 0 unspecified atom stereocenters. The van der Waals surface area contributed by atoms with Crippen LogP contribution in [0.4, 0.5) is 25.0 Å². The third-order valence-corrected chi connectivity index (χ3v) is 2.64. The Morgan fingerprint density at radius 3 is 2.14 bits per heavy atom. The number of methoxy groups -OCH3 is 1. The highest BCUT2D eigenvalue weighted by Gasteiger charge is 2.05. The first-order chi connectivity index (χ1) is 10.1. The molecule has 2 aromatic carbocycles. The Morgan fingerprint density at radius 1 is 1.00 bits per heavy atom. The standard InChI is InChI=1S/C15H14F2N2O2/c1-21-9-10-2-4-13(5-3-10)18-15(20)19-14-7-11(16)6-12(17)8-14/h2-8H,9H2,1H3,(H2,18,19,20). The van der Waals surface area contributed by atoms with Gasteiger partial charge in [0.15, 0.2) is 0 Å². The number of hydrogen-bond acceptors (Lipinski definition) is 2. The molecule has 110 valence electrons. The molecule has 2 amide bonds. The SMILES string of the molecule is COCc1ccc(NC(=O)Nc2cc(F)cc(F)c2)cc1. The third-order valence-electron chi connectivity index (χ3n) is 2.64. The van der Waals surface area contributed by atoms with Gasteiger partial charge in [-0.25, -0.2) is 13.6 Å². The average Bonchev–Trinajstić information content (AvgIpc) is 2.40. The lowest BCUT2D eigenvalue weighted by atomic mass is 10.2. The number of carbonyl (C=O) groups excluding carboxylic acids is 1. The molecule has 0 heterocycles. The first kappa shape index (κ1) is 14.9. The Kier molecular flexibility index (Phi) is 4.84. The molecule has 0 aliphatic carbocycles. The number of benzene rings is 2. The monoisotopic (exact) mass is 292 g/mol. The number of amides is 2. The fraction of sp³-hybridized carbons (Fsp3) is 0.133. The van der Waals surface area contributed by atoms with Gasteiger partial charge in [-0.15, -0.1) is 0 Å². The van der Waals surface area contributed by atoms with E-state index < -0.39 is 17.7 Å². The maximum absolute atomic E-state index is 13.0. The molecule has 6 heteroatoms. The van der Waals surface area contributed by atoms with Gasteiger partial charge >= 0.3 is 6.03 Å². The van der Waals surface area contributed by atoms with E-state index in [0.717, 1.165) is 23.8 Å². The molecule has 0 aliphatic rings. The smallest absolute Gasteiger partial charge is 0.323 e. The van der Waals surface area contributed by atoms with Crippen LogP contribution in [-0.2, 0) is 11.3 Å². The third kappa shape index (κ3) is 4.54. The molecule has 0 bridgehead atoms. The van der Waals surface area contributed by atoms with Crippen molar-refractivity contribution in [1.29, 1.82) is 0 Å². The highest BCUT2D eigenvalue weighted by molar-refractivity contribution is 5.99. The second-order valence-electron chi connectivity index (χ2n) is 4.37. The van der Waals surface area contributed by atoms with Crippen molar-refractivity contribution in [3.8, 4) is 0 Å². The summed E-state index contributed by atoms with van der Waals surface area (Å²) in [6.45, 7) is 0.481. The first-order valence-electron chi connectivity index (χ1n) is 6.19. The van der Waals surface area contributed by atoms with Crippen molar-refractivity contribution in [2.45, 2.75) is 6.61 Å². The van der Waals surface area contributed by atoms with Gasteiger partial charge in [0.1, 0.15) is 11.6 Å². The molecule has 0 saturated heterocycles. The van der Waals surface area contributed by atoms with Crippen molar-refractivity contribution < 1.29 is 18.3 Å². The van der Waals surface area contributed by atoms with Gasteiger partial charge in [0.05, 0.1) is 6.61 Å². The van der Waals surface area contributed by atoms with Crippen LogP contribution in [0.5, 0.6) is 0 Å². The normalized spacial score (nSPS) is 10.2. The second kappa shape index (κ2) is 6.81.